The van der Waals surface area contributed by atoms with E-state index in [1.165, 1.54) is 25.3 Å². The van der Waals surface area contributed by atoms with Crippen molar-refractivity contribution in [2.75, 3.05) is 0 Å². The van der Waals surface area contributed by atoms with Gasteiger partial charge in [-0.3, -0.25) is 0 Å². The lowest BCUT2D eigenvalue weighted by atomic mass is 10.1. The summed E-state index contributed by atoms with van der Waals surface area (Å²) in [4.78, 5) is 10.6. The molecule has 0 fully saturated rings. The maximum Gasteiger partial charge on any atom is 0.238 e. The number of aromatic nitrogens is 3. The largest absolute Gasteiger partial charge is 0.337 e. The summed E-state index contributed by atoms with van der Waals surface area (Å²) in [5.74, 6) is -0.819. The van der Waals surface area contributed by atoms with Crippen LogP contribution >= 0.6 is 0 Å². The third-order valence-corrected chi connectivity index (χ3v) is 4.54. The zero-order valence-corrected chi connectivity index (χ0v) is 13.2. The lowest BCUT2D eigenvalue weighted by molar-refractivity contribution is 0.595. The molecule has 2 heterocycles. The Labute approximate surface area is 136 Å². The predicted octanol–water partition coefficient (Wildman–Crippen LogP) is 2.37. The van der Waals surface area contributed by atoms with Gasteiger partial charge in [-0.2, -0.15) is 0 Å². The molecule has 0 saturated heterocycles. The van der Waals surface area contributed by atoms with Crippen LogP contribution in [0, 0.1) is 18.6 Å². The summed E-state index contributed by atoms with van der Waals surface area (Å²) < 4.78 is 50.3. The Hall–Kier alpha value is -2.65. The molecular weight excluding hydrogens is 338 g/mol. The van der Waals surface area contributed by atoms with E-state index in [1.54, 1.807) is 0 Å². The van der Waals surface area contributed by atoms with Crippen molar-refractivity contribution in [1.82, 2.24) is 15.0 Å². The van der Waals surface area contributed by atoms with Gasteiger partial charge in [-0.25, -0.2) is 32.3 Å². The number of nitrogens with zero attached hydrogens (tertiary/aromatic N) is 2. The molecule has 0 atom stereocenters. The molecule has 0 amide bonds. The van der Waals surface area contributed by atoms with Crippen LogP contribution < -0.4 is 5.14 Å². The van der Waals surface area contributed by atoms with Gasteiger partial charge in [0.25, 0.3) is 0 Å². The maximum absolute atomic E-state index is 14.2. The lowest BCUT2D eigenvalue weighted by Gasteiger charge is -2.09. The van der Waals surface area contributed by atoms with E-state index in [-0.39, 0.29) is 21.7 Å². The third-order valence-electron chi connectivity index (χ3n) is 3.49. The Morgan fingerprint density at radius 2 is 1.83 bits per heavy atom. The van der Waals surface area contributed by atoms with Crippen molar-refractivity contribution in [1.29, 1.82) is 0 Å². The van der Waals surface area contributed by atoms with Crippen molar-refractivity contribution in [3.63, 3.8) is 0 Å². The van der Waals surface area contributed by atoms with E-state index in [0.29, 0.717) is 11.5 Å². The molecule has 0 aliphatic heterocycles. The highest BCUT2D eigenvalue weighted by molar-refractivity contribution is 7.89. The van der Waals surface area contributed by atoms with Crippen LogP contribution in [-0.4, -0.2) is 23.4 Å². The topological polar surface area (TPSA) is 102 Å². The van der Waals surface area contributed by atoms with Crippen LogP contribution in [0.25, 0.3) is 22.8 Å². The normalized spacial score (nSPS) is 11.7. The molecule has 0 aliphatic rings. The Morgan fingerprint density at radius 1 is 1.08 bits per heavy atom. The number of hydrogen-bond acceptors (Lipinski definition) is 4. The number of primary sulfonamides is 1. The fourth-order valence-electron chi connectivity index (χ4n) is 2.39. The van der Waals surface area contributed by atoms with Gasteiger partial charge in [0.1, 0.15) is 17.3 Å². The fraction of sp³-hybridized carbons (Fsp3) is 0.0667. The zero-order chi connectivity index (χ0) is 17.5. The Morgan fingerprint density at radius 3 is 2.46 bits per heavy atom. The molecule has 0 bridgehead atoms. The molecule has 0 saturated carbocycles. The molecule has 0 unspecified atom stereocenters. The number of imidazole rings is 1. The highest BCUT2D eigenvalue weighted by Crippen LogP contribution is 2.30. The molecule has 0 aliphatic carbocycles. The second kappa shape index (κ2) is 5.77. The number of halogens is 2. The summed E-state index contributed by atoms with van der Waals surface area (Å²) in [5.41, 5.74) is 0.835. The van der Waals surface area contributed by atoms with Gasteiger partial charge in [0.15, 0.2) is 5.82 Å². The summed E-state index contributed by atoms with van der Waals surface area (Å²) >= 11 is 0. The number of rotatable bonds is 3. The van der Waals surface area contributed by atoms with E-state index in [4.69, 9.17) is 5.14 Å². The van der Waals surface area contributed by atoms with Crippen LogP contribution in [0.1, 0.15) is 5.56 Å². The lowest BCUT2D eigenvalue weighted by Crippen LogP contribution is -2.14. The van der Waals surface area contributed by atoms with Gasteiger partial charge >= 0.3 is 0 Å². The molecule has 1 aromatic carbocycles. The van der Waals surface area contributed by atoms with Crippen LogP contribution in [0.2, 0.25) is 0 Å². The first kappa shape index (κ1) is 16.2. The van der Waals surface area contributed by atoms with Crippen molar-refractivity contribution in [2.45, 2.75) is 11.8 Å². The van der Waals surface area contributed by atoms with Crippen molar-refractivity contribution in [3.8, 4) is 22.8 Å². The van der Waals surface area contributed by atoms with E-state index < -0.39 is 21.7 Å². The highest BCUT2D eigenvalue weighted by atomic mass is 32.2. The first-order valence-corrected chi connectivity index (χ1v) is 8.31. The Kier molecular flexibility index (Phi) is 3.90. The average Bonchev–Trinajstić information content (AvgIpc) is 2.96. The van der Waals surface area contributed by atoms with E-state index in [0.717, 1.165) is 18.3 Å². The zero-order valence-electron chi connectivity index (χ0n) is 12.4. The number of H-pyrrole nitrogens is 1. The monoisotopic (exact) mass is 350 g/mol. The summed E-state index contributed by atoms with van der Waals surface area (Å²) in [7, 11) is -3.99. The van der Waals surface area contributed by atoms with Crippen LogP contribution in [0.5, 0.6) is 0 Å². The van der Waals surface area contributed by atoms with E-state index in [2.05, 4.69) is 15.0 Å². The Balaban J connectivity index is 2.12. The number of sulfonamides is 1. The van der Waals surface area contributed by atoms with Crippen LogP contribution in [0.4, 0.5) is 8.78 Å². The summed E-state index contributed by atoms with van der Waals surface area (Å²) in [6.45, 7) is 1.45. The number of nitrogens with one attached hydrogen (secondary N) is 1. The SMILES string of the molecule is Cc1c(S(N)(=O)=O)ccc(F)c1-c1cnc(-c2ccc(F)cn2)[nH]1. The van der Waals surface area contributed by atoms with E-state index in [1.807, 2.05) is 0 Å². The van der Waals surface area contributed by atoms with Crippen molar-refractivity contribution in [3.05, 3.63) is 53.9 Å². The van der Waals surface area contributed by atoms with Crippen LogP contribution in [-0.2, 0) is 10.0 Å². The number of pyridine rings is 1. The maximum atomic E-state index is 14.2. The molecule has 6 nitrogen and oxygen atoms in total. The minimum absolute atomic E-state index is 0.0439. The van der Waals surface area contributed by atoms with E-state index >= 15 is 0 Å². The van der Waals surface area contributed by atoms with Gasteiger partial charge < -0.3 is 4.98 Å². The number of aromatic amines is 1. The van der Waals surface area contributed by atoms with Crippen molar-refractivity contribution in [2.24, 2.45) is 5.14 Å². The standard InChI is InChI=1S/C15H12F2N4O2S/c1-8-13(24(18,22)23)5-3-10(17)14(8)12-7-20-15(21-12)11-4-2-9(16)6-19-11/h2-7H,1H3,(H,20,21)(H2,18,22,23). The first-order valence-electron chi connectivity index (χ1n) is 6.76. The molecule has 24 heavy (non-hydrogen) atoms. The smallest absolute Gasteiger partial charge is 0.238 e. The molecule has 0 radical (unpaired) electrons. The second-order valence-electron chi connectivity index (χ2n) is 5.10. The number of hydrogen-bond donors (Lipinski definition) is 2. The second-order valence-corrected chi connectivity index (χ2v) is 6.63. The molecule has 3 rings (SSSR count). The highest BCUT2D eigenvalue weighted by Gasteiger charge is 2.20. The molecule has 9 heteroatoms. The van der Waals surface area contributed by atoms with Gasteiger partial charge in [-0.1, -0.05) is 0 Å². The van der Waals surface area contributed by atoms with E-state index in [9.17, 15) is 17.2 Å². The van der Waals surface area contributed by atoms with Crippen LogP contribution in [0.15, 0.2) is 41.6 Å². The van der Waals surface area contributed by atoms with Gasteiger partial charge in [0.2, 0.25) is 10.0 Å². The third kappa shape index (κ3) is 2.91. The van der Waals surface area contributed by atoms with Gasteiger partial charge in [0.05, 0.1) is 23.0 Å². The van der Waals surface area contributed by atoms with Crippen LogP contribution in [0.3, 0.4) is 0 Å². The quantitative estimate of drug-likeness (QED) is 0.757. The van der Waals surface area contributed by atoms with Crippen molar-refractivity contribution < 1.29 is 17.2 Å². The molecule has 0 spiro atoms. The summed E-state index contributed by atoms with van der Waals surface area (Å²) in [6, 6.07) is 4.78. The predicted molar refractivity (Wildman–Crippen MR) is 83.3 cm³/mol. The molecule has 3 N–H and O–H groups in total. The average molecular weight is 350 g/mol. The summed E-state index contributed by atoms with van der Waals surface area (Å²) in [5, 5.41) is 5.14. The minimum atomic E-state index is -3.99. The van der Waals surface area contributed by atoms with Crippen molar-refractivity contribution >= 4 is 10.0 Å². The molecule has 124 valence electrons. The number of benzene rings is 1. The molecule has 3 aromatic rings. The minimum Gasteiger partial charge on any atom is -0.337 e. The fourth-order valence-corrected chi connectivity index (χ4v) is 3.18. The number of nitrogens with two attached hydrogens (primary N) is 1. The Bertz CT molecular complexity index is 1010. The van der Waals surface area contributed by atoms with Gasteiger partial charge in [0, 0.05) is 5.56 Å². The molecular formula is C15H12F2N4O2S. The van der Waals surface area contributed by atoms with Gasteiger partial charge in [-0.05, 0) is 36.8 Å². The first-order chi connectivity index (χ1) is 11.3. The van der Waals surface area contributed by atoms with Gasteiger partial charge in [-0.15, -0.1) is 0 Å². The summed E-state index contributed by atoms with van der Waals surface area (Å²) in [6.07, 6.45) is 2.38. The molecule has 2 aromatic heterocycles.